The molecule has 0 atom stereocenters. The number of rotatable bonds is 6. The van der Waals surface area contributed by atoms with E-state index in [1.807, 2.05) is 6.07 Å². The second-order valence-corrected chi connectivity index (χ2v) is 8.67. The Morgan fingerprint density at radius 2 is 1.92 bits per heavy atom. The number of ketones is 1. The number of fused-ring (bicyclic) bond motifs is 1. The molecule has 0 aliphatic carbocycles. The second-order valence-electron chi connectivity index (χ2n) is 7.73. The molecule has 2 heterocycles. The lowest BCUT2D eigenvalue weighted by Crippen LogP contribution is -2.10. The smallest absolute Gasteiger partial charge is 0.191 e. The maximum atomic E-state index is 12.9. The molecule has 2 aromatic rings. The largest absolute Gasteiger partial charge is 0.306 e. The summed E-state index contributed by atoms with van der Waals surface area (Å²) in [5, 5.41) is 9.54. The molecular weight excluding hydrogens is 342 g/mol. The van der Waals surface area contributed by atoms with Crippen molar-refractivity contribution >= 4 is 17.5 Å². The quantitative estimate of drug-likeness (QED) is 0.515. The van der Waals surface area contributed by atoms with Gasteiger partial charge in [0.05, 0.1) is 5.75 Å². The Balaban J connectivity index is 1.75. The van der Waals surface area contributed by atoms with Gasteiger partial charge in [0.2, 0.25) is 0 Å². The first kappa shape index (κ1) is 19.2. The molecular formula is C21H29N3OS. The number of nitrogens with zero attached hydrogens (tertiary/aromatic N) is 3. The molecule has 5 heteroatoms. The Kier molecular flexibility index (Phi) is 6.17. The summed E-state index contributed by atoms with van der Waals surface area (Å²) >= 11 is 1.52. The number of aromatic nitrogens is 3. The van der Waals surface area contributed by atoms with Crippen molar-refractivity contribution < 1.29 is 4.79 Å². The maximum absolute atomic E-state index is 12.9. The first-order chi connectivity index (χ1) is 12.5. The van der Waals surface area contributed by atoms with E-state index in [0.717, 1.165) is 35.1 Å². The number of hydrogen-bond donors (Lipinski definition) is 0. The van der Waals surface area contributed by atoms with Crippen LogP contribution in [0.25, 0.3) is 0 Å². The molecule has 3 rings (SSSR count). The highest BCUT2D eigenvalue weighted by Crippen LogP contribution is 2.27. The fourth-order valence-electron chi connectivity index (χ4n) is 3.44. The lowest BCUT2D eigenvalue weighted by Gasteiger charge is -2.15. The first-order valence-electron chi connectivity index (χ1n) is 9.69. The molecule has 0 spiro atoms. The molecule has 0 saturated carbocycles. The van der Waals surface area contributed by atoms with Gasteiger partial charge in [0.25, 0.3) is 0 Å². The van der Waals surface area contributed by atoms with Gasteiger partial charge in [0.15, 0.2) is 10.9 Å². The van der Waals surface area contributed by atoms with Gasteiger partial charge >= 0.3 is 0 Å². The van der Waals surface area contributed by atoms with Crippen molar-refractivity contribution in [1.29, 1.82) is 0 Å². The van der Waals surface area contributed by atoms with Crippen molar-refractivity contribution in [2.75, 3.05) is 5.75 Å². The van der Waals surface area contributed by atoms with E-state index in [1.165, 1.54) is 36.6 Å². The fraction of sp³-hybridized carbons (Fsp3) is 0.571. The second kappa shape index (κ2) is 8.38. The van der Waals surface area contributed by atoms with Gasteiger partial charge in [0, 0.05) is 18.5 Å². The SMILES string of the molecule is CC(C)c1ccc(C(=O)CSc2nnc3n2CCCCC3)c(C(C)C)c1. The maximum Gasteiger partial charge on any atom is 0.191 e. The Morgan fingerprint density at radius 1 is 1.12 bits per heavy atom. The van der Waals surface area contributed by atoms with Crippen molar-refractivity contribution in [3.8, 4) is 0 Å². The molecule has 0 unspecified atom stereocenters. The van der Waals surface area contributed by atoms with E-state index in [1.54, 1.807) is 0 Å². The summed E-state index contributed by atoms with van der Waals surface area (Å²) in [7, 11) is 0. The summed E-state index contributed by atoms with van der Waals surface area (Å²) in [5.41, 5.74) is 3.30. The highest BCUT2D eigenvalue weighted by Gasteiger charge is 2.19. The molecule has 0 saturated heterocycles. The third-order valence-corrected chi connectivity index (χ3v) is 6.04. The number of carbonyl (C=O) groups is 1. The molecule has 0 fully saturated rings. The average Bonchev–Trinajstić information content (AvgIpc) is 2.85. The van der Waals surface area contributed by atoms with Crippen molar-refractivity contribution in [3.05, 3.63) is 40.7 Å². The summed E-state index contributed by atoms with van der Waals surface area (Å²) in [6, 6.07) is 6.31. The van der Waals surface area contributed by atoms with Crippen LogP contribution in [0, 0.1) is 0 Å². The predicted molar refractivity (Wildman–Crippen MR) is 107 cm³/mol. The number of carbonyl (C=O) groups excluding carboxylic acids is 1. The molecule has 1 aliphatic rings. The van der Waals surface area contributed by atoms with Crippen LogP contribution in [-0.2, 0) is 13.0 Å². The number of hydrogen-bond acceptors (Lipinski definition) is 4. The van der Waals surface area contributed by atoms with Crippen LogP contribution in [0.2, 0.25) is 0 Å². The zero-order chi connectivity index (χ0) is 18.7. The zero-order valence-corrected chi connectivity index (χ0v) is 17.1. The first-order valence-corrected chi connectivity index (χ1v) is 10.7. The molecule has 0 radical (unpaired) electrons. The van der Waals surface area contributed by atoms with Gasteiger partial charge in [-0.15, -0.1) is 10.2 Å². The van der Waals surface area contributed by atoms with E-state index in [0.29, 0.717) is 17.6 Å². The minimum atomic E-state index is 0.181. The summed E-state index contributed by atoms with van der Waals surface area (Å²) < 4.78 is 2.20. The molecule has 0 amide bonds. The van der Waals surface area contributed by atoms with Gasteiger partial charge < -0.3 is 4.57 Å². The standard InChI is InChI=1S/C21H29N3OS/c1-14(2)16-9-10-17(18(12-16)15(3)4)19(25)13-26-21-23-22-20-8-6-5-7-11-24(20)21/h9-10,12,14-15H,5-8,11,13H2,1-4H3. The van der Waals surface area contributed by atoms with Gasteiger partial charge in [-0.3, -0.25) is 4.79 Å². The monoisotopic (exact) mass is 371 g/mol. The van der Waals surface area contributed by atoms with Gasteiger partial charge in [-0.1, -0.05) is 64.1 Å². The van der Waals surface area contributed by atoms with E-state index < -0.39 is 0 Å². The lowest BCUT2D eigenvalue weighted by molar-refractivity contribution is 0.102. The van der Waals surface area contributed by atoms with Crippen molar-refractivity contribution in [2.24, 2.45) is 0 Å². The normalized spacial score (nSPS) is 14.5. The van der Waals surface area contributed by atoms with Crippen LogP contribution in [0.3, 0.4) is 0 Å². The third-order valence-electron chi connectivity index (χ3n) is 5.07. The minimum absolute atomic E-state index is 0.181. The van der Waals surface area contributed by atoms with Crippen LogP contribution in [0.1, 0.15) is 86.1 Å². The molecule has 1 aromatic heterocycles. The number of Topliss-reactive ketones (excluding diaryl/α,β-unsaturated/α-hetero) is 1. The Hall–Kier alpha value is -1.62. The number of thioether (sulfide) groups is 1. The number of aryl methyl sites for hydroxylation is 1. The van der Waals surface area contributed by atoms with E-state index in [-0.39, 0.29) is 5.78 Å². The predicted octanol–water partition coefficient (Wildman–Crippen LogP) is 5.23. The minimum Gasteiger partial charge on any atom is -0.306 e. The molecule has 0 N–H and O–H groups in total. The summed E-state index contributed by atoms with van der Waals surface area (Å²) in [5.74, 6) is 2.47. The molecule has 140 valence electrons. The molecule has 4 nitrogen and oxygen atoms in total. The van der Waals surface area contributed by atoms with Crippen LogP contribution in [0.4, 0.5) is 0 Å². The van der Waals surface area contributed by atoms with Gasteiger partial charge in [-0.05, 0) is 35.8 Å². The van der Waals surface area contributed by atoms with Crippen molar-refractivity contribution in [1.82, 2.24) is 14.8 Å². The third kappa shape index (κ3) is 4.20. The molecule has 1 aliphatic heterocycles. The molecule has 1 aromatic carbocycles. The van der Waals surface area contributed by atoms with Gasteiger partial charge in [0.1, 0.15) is 5.82 Å². The van der Waals surface area contributed by atoms with Crippen LogP contribution in [0.5, 0.6) is 0 Å². The highest BCUT2D eigenvalue weighted by molar-refractivity contribution is 7.99. The van der Waals surface area contributed by atoms with Crippen molar-refractivity contribution in [2.45, 2.75) is 76.9 Å². The fourth-order valence-corrected chi connectivity index (χ4v) is 4.31. The molecule has 26 heavy (non-hydrogen) atoms. The van der Waals surface area contributed by atoms with Crippen molar-refractivity contribution in [3.63, 3.8) is 0 Å². The number of benzene rings is 1. The molecule has 0 bridgehead atoms. The van der Waals surface area contributed by atoms with E-state index in [9.17, 15) is 4.79 Å². The Bertz CT molecular complexity index is 780. The van der Waals surface area contributed by atoms with Gasteiger partial charge in [-0.2, -0.15) is 0 Å². The van der Waals surface area contributed by atoms with E-state index in [2.05, 4.69) is 54.6 Å². The van der Waals surface area contributed by atoms with Gasteiger partial charge in [-0.25, -0.2) is 0 Å². The van der Waals surface area contributed by atoms with Crippen LogP contribution in [0.15, 0.2) is 23.4 Å². The van der Waals surface area contributed by atoms with Crippen LogP contribution < -0.4 is 0 Å². The summed E-state index contributed by atoms with van der Waals surface area (Å²) in [4.78, 5) is 12.9. The highest BCUT2D eigenvalue weighted by atomic mass is 32.2. The summed E-state index contributed by atoms with van der Waals surface area (Å²) in [6.07, 6.45) is 4.59. The lowest BCUT2D eigenvalue weighted by atomic mass is 9.90. The van der Waals surface area contributed by atoms with Crippen LogP contribution >= 0.6 is 11.8 Å². The summed E-state index contributed by atoms with van der Waals surface area (Å²) in [6.45, 7) is 9.66. The zero-order valence-electron chi connectivity index (χ0n) is 16.3. The Morgan fingerprint density at radius 3 is 2.65 bits per heavy atom. The average molecular weight is 372 g/mol. The van der Waals surface area contributed by atoms with E-state index in [4.69, 9.17) is 0 Å². The topological polar surface area (TPSA) is 47.8 Å². The van der Waals surface area contributed by atoms with E-state index >= 15 is 0 Å². The Labute approximate surface area is 160 Å². The van der Waals surface area contributed by atoms with Crippen LogP contribution in [-0.4, -0.2) is 26.3 Å².